The molecule has 0 spiro atoms. The lowest BCUT2D eigenvalue weighted by molar-refractivity contribution is 0.543. The van der Waals surface area contributed by atoms with Crippen molar-refractivity contribution in [3.8, 4) is 0 Å². The summed E-state index contributed by atoms with van der Waals surface area (Å²) in [4.78, 5) is 0. The summed E-state index contributed by atoms with van der Waals surface area (Å²) in [5.74, 6) is 0.897. The van der Waals surface area contributed by atoms with Crippen LogP contribution in [-0.2, 0) is 12.8 Å². The molecule has 1 aliphatic rings. The molecule has 1 aliphatic carbocycles. The summed E-state index contributed by atoms with van der Waals surface area (Å²) in [6.07, 6.45) is 3.89. The molecule has 64 valence electrons. The molecule has 0 aliphatic heterocycles. The third kappa shape index (κ3) is 1.42. The van der Waals surface area contributed by atoms with Gasteiger partial charge in [-0.1, -0.05) is 35.3 Å². The van der Waals surface area contributed by atoms with Crippen LogP contribution in [0.4, 0.5) is 0 Å². The fourth-order valence-corrected chi connectivity index (χ4v) is 2.37. The number of hydrogen-bond donors (Lipinski definition) is 0. The predicted octanol–water partition coefficient (Wildman–Crippen LogP) is 3.57. The minimum absolute atomic E-state index is 0.897. The number of rotatable bonds is 1. The van der Waals surface area contributed by atoms with Gasteiger partial charge in [0.2, 0.25) is 0 Å². The highest BCUT2D eigenvalue weighted by atomic mass is 79.9. The second kappa shape index (κ2) is 3.21. The topological polar surface area (TPSA) is 0 Å². The number of halogens is 1. The van der Waals surface area contributed by atoms with Crippen LogP contribution in [0.15, 0.2) is 22.7 Å². The average molecular weight is 225 g/mol. The summed E-state index contributed by atoms with van der Waals surface area (Å²) in [5, 5.41) is 0. The van der Waals surface area contributed by atoms with Gasteiger partial charge in [-0.2, -0.15) is 0 Å². The van der Waals surface area contributed by atoms with E-state index in [9.17, 15) is 0 Å². The lowest BCUT2D eigenvalue weighted by Crippen LogP contribution is -1.95. The maximum atomic E-state index is 3.51. The van der Waals surface area contributed by atoms with E-state index in [1.165, 1.54) is 23.7 Å². The van der Waals surface area contributed by atoms with Gasteiger partial charge in [-0.15, -0.1) is 0 Å². The summed E-state index contributed by atoms with van der Waals surface area (Å²) < 4.78 is 1.22. The average Bonchev–Trinajstić information content (AvgIpc) is 2.46. The van der Waals surface area contributed by atoms with Gasteiger partial charge in [0.25, 0.3) is 0 Å². The SMILES string of the molecule is CCC1Cc2ccc(Br)cc2C1. The first-order valence-corrected chi connectivity index (χ1v) is 5.36. The molecule has 12 heavy (non-hydrogen) atoms. The molecule has 1 aromatic carbocycles. The van der Waals surface area contributed by atoms with Crippen molar-refractivity contribution in [3.05, 3.63) is 33.8 Å². The molecule has 1 atom stereocenters. The third-order valence-corrected chi connectivity index (χ3v) is 3.26. The van der Waals surface area contributed by atoms with Gasteiger partial charge in [0, 0.05) is 4.47 Å². The van der Waals surface area contributed by atoms with Crippen molar-refractivity contribution in [2.45, 2.75) is 26.2 Å². The van der Waals surface area contributed by atoms with E-state index < -0.39 is 0 Å². The summed E-state index contributed by atoms with van der Waals surface area (Å²) >= 11 is 3.51. The maximum absolute atomic E-state index is 3.51. The monoisotopic (exact) mass is 224 g/mol. The van der Waals surface area contributed by atoms with E-state index in [2.05, 4.69) is 41.1 Å². The van der Waals surface area contributed by atoms with E-state index in [4.69, 9.17) is 0 Å². The van der Waals surface area contributed by atoms with Crippen LogP contribution in [-0.4, -0.2) is 0 Å². The quantitative estimate of drug-likeness (QED) is 0.685. The van der Waals surface area contributed by atoms with Gasteiger partial charge in [0.15, 0.2) is 0 Å². The zero-order chi connectivity index (χ0) is 8.55. The van der Waals surface area contributed by atoms with Crippen molar-refractivity contribution in [1.82, 2.24) is 0 Å². The Hall–Kier alpha value is -0.300. The Labute approximate surface area is 82.1 Å². The van der Waals surface area contributed by atoms with E-state index in [0.717, 1.165) is 5.92 Å². The molecule has 0 aromatic heterocycles. The van der Waals surface area contributed by atoms with Gasteiger partial charge in [0.1, 0.15) is 0 Å². The Kier molecular flexibility index (Phi) is 2.22. The Morgan fingerprint density at radius 1 is 1.33 bits per heavy atom. The van der Waals surface area contributed by atoms with Crippen LogP contribution in [0.5, 0.6) is 0 Å². The largest absolute Gasteiger partial charge is 0.0651 e. The van der Waals surface area contributed by atoms with E-state index in [0.29, 0.717) is 0 Å². The zero-order valence-corrected chi connectivity index (χ0v) is 8.89. The van der Waals surface area contributed by atoms with Crippen molar-refractivity contribution in [2.75, 3.05) is 0 Å². The molecule has 0 saturated heterocycles. The maximum Gasteiger partial charge on any atom is 0.0178 e. The first kappa shape index (κ1) is 8.31. The van der Waals surface area contributed by atoms with Crippen molar-refractivity contribution < 1.29 is 0 Å². The first-order chi connectivity index (χ1) is 5.79. The number of benzene rings is 1. The third-order valence-electron chi connectivity index (χ3n) is 2.76. The fraction of sp³-hybridized carbons (Fsp3) is 0.455. The van der Waals surface area contributed by atoms with Crippen molar-refractivity contribution >= 4 is 15.9 Å². The van der Waals surface area contributed by atoms with Crippen LogP contribution in [0.1, 0.15) is 24.5 Å². The van der Waals surface area contributed by atoms with Gasteiger partial charge in [0.05, 0.1) is 0 Å². The lowest BCUT2D eigenvalue weighted by atomic mass is 10.0. The molecule has 0 nitrogen and oxygen atoms in total. The molecule has 0 fully saturated rings. The molecule has 0 bridgehead atoms. The van der Waals surface area contributed by atoms with E-state index in [1.54, 1.807) is 11.1 Å². The zero-order valence-electron chi connectivity index (χ0n) is 7.31. The van der Waals surface area contributed by atoms with E-state index in [-0.39, 0.29) is 0 Å². The van der Waals surface area contributed by atoms with Crippen LogP contribution in [0, 0.1) is 5.92 Å². The Morgan fingerprint density at radius 3 is 2.83 bits per heavy atom. The highest BCUT2D eigenvalue weighted by molar-refractivity contribution is 9.10. The van der Waals surface area contributed by atoms with Gasteiger partial charge in [-0.3, -0.25) is 0 Å². The molecule has 0 N–H and O–H groups in total. The molecule has 0 amide bonds. The molecule has 0 heterocycles. The minimum atomic E-state index is 0.897. The fourth-order valence-electron chi connectivity index (χ4n) is 1.97. The van der Waals surface area contributed by atoms with Crippen LogP contribution in [0.2, 0.25) is 0 Å². The molecule has 2 rings (SSSR count). The summed E-state index contributed by atoms with van der Waals surface area (Å²) in [5.41, 5.74) is 3.11. The summed E-state index contributed by atoms with van der Waals surface area (Å²) in [6.45, 7) is 2.28. The van der Waals surface area contributed by atoms with Crippen LogP contribution in [0.25, 0.3) is 0 Å². The summed E-state index contributed by atoms with van der Waals surface area (Å²) in [6, 6.07) is 6.68. The number of hydrogen-bond acceptors (Lipinski definition) is 0. The molecule has 0 saturated carbocycles. The molecule has 1 aromatic rings. The smallest absolute Gasteiger partial charge is 0.0178 e. The Balaban J connectivity index is 2.30. The number of fused-ring (bicyclic) bond motifs is 1. The molecule has 1 heteroatoms. The van der Waals surface area contributed by atoms with E-state index >= 15 is 0 Å². The van der Waals surface area contributed by atoms with Gasteiger partial charge in [-0.05, 0) is 42.0 Å². The standard InChI is InChI=1S/C11H13Br/c1-2-8-5-9-3-4-11(12)7-10(9)6-8/h3-4,7-8H,2,5-6H2,1H3. The van der Waals surface area contributed by atoms with Crippen molar-refractivity contribution in [1.29, 1.82) is 0 Å². The summed E-state index contributed by atoms with van der Waals surface area (Å²) in [7, 11) is 0. The minimum Gasteiger partial charge on any atom is -0.0651 e. The molecular formula is C11H13Br. The second-order valence-electron chi connectivity index (χ2n) is 3.60. The van der Waals surface area contributed by atoms with Crippen LogP contribution >= 0.6 is 15.9 Å². The normalized spacial score (nSPS) is 21.0. The lowest BCUT2D eigenvalue weighted by Gasteiger charge is -2.01. The predicted molar refractivity (Wildman–Crippen MR) is 55.3 cm³/mol. The molecule has 0 radical (unpaired) electrons. The van der Waals surface area contributed by atoms with Gasteiger partial charge >= 0.3 is 0 Å². The molecule has 1 unspecified atom stereocenters. The second-order valence-corrected chi connectivity index (χ2v) is 4.51. The van der Waals surface area contributed by atoms with E-state index in [1.807, 2.05) is 0 Å². The van der Waals surface area contributed by atoms with Crippen molar-refractivity contribution in [3.63, 3.8) is 0 Å². The molecular weight excluding hydrogens is 212 g/mol. The van der Waals surface area contributed by atoms with Gasteiger partial charge in [-0.25, -0.2) is 0 Å². The Bertz CT molecular complexity index is 291. The van der Waals surface area contributed by atoms with Crippen LogP contribution < -0.4 is 0 Å². The van der Waals surface area contributed by atoms with Crippen LogP contribution in [0.3, 0.4) is 0 Å². The first-order valence-electron chi connectivity index (χ1n) is 4.57. The van der Waals surface area contributed by atoms with Gasteiger partial charge < -0.3 is 0 Å². The Morgan fingerprint density at radius 2 is 2.08 bits per heavy atom. The highest BCUT2D eigenvalue weighted by Gasteiger charge is 2.19. The van der Waals surface area contributed by atoms with Crippen molar-refractivity contribution in [2.24, 2.45) is 5.92 Å². The highest BCUT2D eigenvalue weighted by Crippen LogP contribution is 2.30.